The highest BCUT2D eigenvalue weighted by molar-refractivity contribution is 9.10. The summed E-state index contributed by atoms with van der Waals surface area (Å²) in [7, 11) is 0. The lowest BCUT2D eigenvalue weighted by Crippen LogP contribution is -2.20. The lowest BCUT2D eigenvalue weighted by molar-refractivity contribution is -0.120. The van der Waals surface area contributed by atoms with E-state index in [1.54, 1.807) is 42.5 Å². The molecule has 4 aromatic rings. The van der Waals surface area contributed by atoms with Crippen LogP contribution in [-0.4, -0.2) is 18.1 Å². The number of ether oxygens (including phenoxy) is 1. The summed E-state index contributed by atoms with van der Waals surface area (Å²) >= 11 is 6.75. The van der Waals surface area contributed by atoms with E-state index in [2.05, 4.69) is 42.4 Å². The first-order chi connectivity index (χ1) is 16.0. The van der Waals surface area contributed by atoms with E-state index in [4.69, 9.17) is 4.74 Å². The van der Waals surface area contributed by atoms with Crippen LogP contribution in [0.5, 0.6) is 5.75 Å². The van der Waals surface area contributed by atoms with Crippen LogP contribution in [0.4, 0.5) is 0 Å². The van der Waals surface area contributed by atoms with Gasteiger partial charge in [-0.1, -0.05) is 74.3 Å². The molecule has 0 spiro atoms. The number of esters is 1. The molecular formula is C26H18Br2N2O3. The second-order valence-electron chi connectivity index (χ2n) is 7.19. The third-order valence-electron chi connectivity index (χ3n) is 4.88. The zero-order valence-corrected chi connectivity index (χ0v) is 20.5. The van der Waals surface area contributed by atoms with Crippen LogP contribution in [0, 0.1) is 0 Å². The molecule has 4 rings (SSSR count). The molecule has 164 valence electrons. The summed E-state index contributed by atoms with van der Waals surface area (Å²) in [6, 6.07) is 25.9. The van der Waals surface area contributed by atoms with E-state index in [9.17, 15) is 9.59 Å². The molecule has 5 nitrogen and oxygen atoms in total. The second kappa shape index (κ2) is 10.6. The summed E-state index contributed by atoms with van der Waals surface area (Å²) in [5.41, 5.74) is 4.44. The van der Waals surface area contributed by atoms with Crippen molar-refractivity contribution in [1.29, 1.82) is 0 Å². The van der Waals surface area contributed by atoms with Gasteiger partial charge in [0, 0.05) is 14.5 Å². The highest BCUT2D eigenvalue weighted by Crippen LogP contribution is 2.23. The molecule has 0 bridgehead atoms. The first-order valence-corrected chi connectivity index (χ1v) is 11.6. The Balaban J connectivity index is 1.45. The van der Waals surface area contributed by atoms with Crippen molar-refractivity contribution in [3.8, 4) is 5.75 Å². The van der Waals surface area contributed by atoms with E-state index in [-0.39, 0.29) is 12.3 Å². The van der Waals surface area contributed by atoms with Gasteiger partial charge in [0.2, 0.25) is 5.91 Å². The molecule has 0 aliphatic carbocycles. The molecule has 7 heteroatoms. The fourth-order valence-corrected chi connectivity index (χ4v) is 3.93. The van der Waals surface area contributed by atoms with Crippen LogP contribution in [0.1, 0.15) is 21.5 Å². The quantitative estimate of drug-likeness (QED) is 0.129. The minimum Gasteiger partial charge on any atom is -0.422 e. The minimum absolute atomic E-state index is 0.197. The number of hydrazone groups is 1. The van der Waals surface area contributed by atoms with E-state index in [1.165, 1.54) is 6.21 Å². The van der Waals surface area contributed by atoms with Gasteiger partial charge in [-0.05, 0) is 58.8 Å². The number of rotatable bonds is 6. The van der Waals surface area contributed by atoms with Gasteiger partial charge < -0.3 is 4.74 Å². The molecule has 0 saturated carbocycles. The molecule has 4 aromatic carbocycles. The van der Waals surface area contributed by atoms with E-state index >= 15 is 0 Å². The average Bonchev–Trinajstić information content (AvgIpc) is 2.81. The van der Waals surface area contributed by atoms with Crippen LogP contribution in [0.3, 0.4) is 0 Å². The Kier molecular flexibility index (Phi) is 7.32. The zero-order chi connectivity index (χ0) is 23.2. The number of amides is 1. The summed E-state index contributed by atoms with van der Waals surface area (Å²) in [4.78, 5) is 25.0. The maximum absolute atomic E-state index is 12.5. The van der Waals surface area contributed by atoms with Gasteiger partial charge in [0.15, 0.2) is 0 Å². The van der Waals surface area contributed by atoms with Crippen LogP contribution >= 0.6 is 31.9 Å². The first-order valence-electron chi connectivity index (χ1n) is 10.1. The van der Waals surface area contributed by atoms with Gasteiger partial charge >= 0.3 is 5.97 Å². The zero-order valence-electron chi connectivity index (χ0n) is 17.3. The summed E-state index contributed by atoms with van der Waals surface area (Å²) in [5, 5.41) is 6.18. The molecule has 1 amide bonds. The van der Waals surface area contributed by atoms with Crippen LogP contribution in [0.2, 0.25) is 0 Å². The van der Waals surface area contributed by atoms with Gasteiger partial charge in [-0.15, -0.1) is 0 Å². The number of nitrogens with one attached hydrogen (secondary N) is 1. The number of nitrogens with zero attached hydrogens (tertiary/aromatic N) is 1. The van der Waals surface area contributed by atoms with Crippen molar-refractivity contribution in [2.45, 2.75) is 6.42 Å². The molecule has 0 aromatic heterocycles. The minimum atomic E-state index is -0.487. The lowest BCUT2D eigenvalue weighted by Gasteiger charge is -2.08. The van der Waals surface area contributed by atoms with E-state index in [0.717, 1.165) is 25.3 Å². The highest BCUT2D eigenvalue weighted by atomic mass is 79.9. The van der Waals surface area contributed by atoms with Crippen molar-refractivity contribution in [2.75, 3.05) is 0 Å². The van der Waals surface area contributed by atoms with Crippen LogP contribution < -0.4 is 10.2 Å². The van der Waals surface area contributed by atoms with Crippen LogP contribution in [-0.2, 0) is 11.2 Å². The number of fused-ring (bicyclic) bond motifs is 1. The molecule has 0 heterocycles. The molecule has 0 unspecified atom stereocenters. The Hall–Kier alpha value is -3.29. The van der Waals surface area contributed by atoms with Gasteiger partial charge in [-0.25, -0.2) is 10.2 Å². The Morgan fingerprint density at radius 2 is 1.61 bits per heavy atom. The maximum Gasteiger partial charge on any atom is 0.343 e. The van der Waals surface area contributed by atoms with Crippen molar-refractivity contribution < 1.29 is 14.3 Å². The molecular weight excluding hydrogens is 548 g/mol. The van der Waals surface area contributed by atoms with Crippen LogP contribution in [0.15, 0.2) is 99.0 Å². The maximum atomic E-state index is 12.5. The van der Waals surface area contributed by atoms with Crippen molar-refractivity contribution in [3.05, 3.63) is 111 Å². The molecule has 0 aliphatic heterocycles. The van der Waals surface area contributed by atoms with Gasteiger partial charge in [0.25, 0.3) is 0 Å². The predicted octanol–water partition coefficient (Wildman–Crippen LogP) is 6.28. The fraction of sp³-hybridized carbons (Fsp3) is 0.0385. The summed E-state index contributed by atoms with van der Waals surface area (Å²) in [5.74, 6) is -0.399. The third kappa shape index (κ3) is 5.94. The van der Waals surface area contributed by atoms with Gasteiger partial charge in [0.1, 0.15) is 5.75 Å². The molecule has 0 radical (unpaired) electrons. The molecule has 0 atom stereocenters. The number of carbonyl (C=O) groups is 2. The van der Waals surface area contributed by atoms with Gasteiger partial charge in [-0.3, -0.25) is 4.79 Å². The highest BCUT2D eigenvalue weighted by Gasteiger charge is 2.12. The number of benzene rings is 4. The van der Waals surface area contributed by atoms with E-state index in [0.29, 0.717) is 16.9 Å². The van der Waals surface area contributed by atoms with E-state index in [1.807, 2.05) is 42.5 Å². The first kappa shape index (κ1) is 22.9. The largest absolute Gasteiger partial charge is 0.422 e. The van der Waals surface area contributed by atoms with Crippen molar-refractivity contribution in [1.82, 2.24) is 5.43 Å². The van der Waals surface area contributed by atoms with Crippen molar-refractivity contribution >= 4 is 60.7 Å². The number of halogens is 2. The van der Waals surface area contributed by atoms with Crippen molar-refractivity contribution in [3.63, 3.8) is 0 Å². The smallest absolute Gasteiger partial charge is 0.343 e. The Morgan fingerprint density at radius 3 is 2.42 bits per heavy atom. The SMILES string of the molecule is O=C(Cc1cccc2ccccc12)N/N=C/c1cc(Br)ccc1OC(=O)c1ccc(Br)cc1. The van der Waals surface area contributed by atoms with Crippen LogP contribution in [0.25, 0.3) is 10.8 Å². The molecule has 0 fully saturated rings. The Labute approximate surface area is 207 Å². The molecule has 33 heavy (non-hydrogen) atoms. The Morgan fingerprint density at radius 1 is 0.879 bits per heavy atom. The van der Waals surface area contributed by atoms with Gasteiger partial charge in [0.05, 0.1) is 18.2 Å². The second-order valence-corrected chi connectivity index (χ2v) is 9.02. The summed E-state index contributed by atoms with van der Waals surface area (Å²) in [6.07, 6.45) is 1.65. The van der Waals surface area contributed by atoms with Crippen molar-refractivity contribution in [2.24, 2.45) is 5.10 Å². The Bertz CT molecular complexity index is 1350. The van der Waals surface area contributed by atoms with E-state index < -0.39 is 5.97 Å². The molecule has 1 N–H and O–H groups in total. The topological polar surface area (TPSA) is 67.8 Å². The molecule has 0 saturated heterocycles. The molecule has 0 aliphatic rings. The number of hydrogen-bond donors (Lipinski definition) is 1. The lowest BCUT2D eigenvalue weighted by atomic mass is 10.0. The normalized spacial score (nSPS) is 11.0. The number of hydrogen-bond acceptors (Lipinski definition) is 4. The number of carbonyl (C=O) groups excluding carboxylic acids is 2. The monoisotopic (exact) mass is 564 g/mol. The average molecular weight is 566 g/mol. The fourth-order valence-electron chi connectivity index (χ4n) is 3.29. The van der Waals surface area contributed by atoms with Gasteiger partial charge in [-0.2, -0.15) is 5.10 Å². The predicted molar refractivity (Wildman–Crippen MR) is 137 cm³/mol. The third-order valence-corrected chi connectivity index (χ3v) is 5.90. The summed E-state index contributed by atoms with van der Waals surface area (Å²) in [6.45, 7) is 0. The standard InChI is InChI=1S/C26H18Br2N2O3/c27-21-10-8-18(9-11-21)26(32)33-24-13-12-22(28)14-20(24)16-29-30-25(31)15-19-6-3-5-17-4-1-2-7-23(17)19/h1-14,16H,15H2,(H,30,31)/b29-16+. The summed E-state index contributed by atoms with van der Waals surface area (Å²) < 4.78 is 7.21.